The summed E-state index contributed by atoms with van der Waals surface area (Å²) in [6, 6.07) is 4.11. The number of benzene rings is 1. The highest BCUT2D eigenvalue weighted by molar-refractivity contribution is 6.17. The molecular weight excluding hydrogens is 262 g/mol. The lowest BCUT2D eigenvalue weighted by atomic mass is 10.0. The number of rotatable bonds is 6. The summed E-state index contributed by atoms with van der Waals surface area (Å²) < 4.78 is 30.4. The molecule has 0 amide bonds. The molecule has 5 heteroatoms. The Balaban J connectivity index is 3.00. The van der Waals surface area contributed by atoms with Gasteiger partial charge in [-0.25, -0.2) is 13.6 Å². The number of ether oxygens (including phenoxy) is 1. The maximum Gasteiger partial charge on any atom is 0.338 e. The first kappa shape index (κ1) is 14.9. The van der Waals surface area contributed by atoms with Crippen molar-refractivity contribution in [2.75, 3.05) is 12.5 Å². The van der Waals surface area contributed by atoms with E-state index in [4.69, 9.17) is 16.3 Å². The van der Waals surface area contributed by atoms with E-state index in [0.29, 0.717) is 29.8 Å². The Morgan fingerprint density at radius 2 is 2.17 bits per heavy atom. The molecule has 1 aromatic rings. The lowest BCUT2D eigenvalue weighted by molar-refractivity contribution is 0.0526. The Labute approximate surface area is 110 Å². The minimum absolute atomic E-state index is 0.0480. The number of hydrogen-bond acceptors (Lipinski definition) is 2. The van der Waals surface area contributed by atoms with Crippen LogP contribution in [-0.4, -0.2) is 18.5 Å². The van der Waals surface area contributed by atoms with Gasteiger partial charge in [0.25, 0.3) is 6.43 Å². The Morgan fingerprint density at radius 3 is 2.72 bits per heavy atom. The molecule has 0 N–H and O–H groups in total. The van der Waals surface area contributed by atoms with Gasteiger partial charge in [0.05, 0.1) is 12.2 Å². The van der Waals surface area contributed by atoms with Crippen molar-refractivity contribution in [2.45, 2.75) is 26.2 Å². The summed E-state index contributed by atoms with van der Waals surface area (Å²) in [5.74, 6) is -0.0998. The van der Waals surface area contributed by atoms with Crippen molar-refractivity contribution in [2.24, 2.45) is 0 Å². The fourth-order valence-electron chi connectivity index (χ4n) is 1.63. The quantitative estimate of drug-likeness (QED) is 0.580. The van der Waals surface area contributed by atoms with E-state index in [9.17, 15) is 13.6 Å². The lowest BCUT2D eigenvalue weighted by Gasteiger charge is -2.10. The molecule has 0 bridgehead atoms. The van der Waals surface area contributed by atoms with Crippen molar-refractivity contribution >= 4 is 17.6 Å². The molecule has 0 spiro atoms. The van der Waals surface area contributed by atoms with E-state index in [2.05, 4.69) is 0 Å². The highest BCUT2D eigenvalue weighted by Gasteiger charge is 2.15. The molecule has 0 aliphatic carbocycles. The Kier molecular flexibility index (Phi) is 6.05. The number of esters is 1. The van der Waals surface area contributed by atoms with Gasteiger partial charge in [0.15, 0.2) is 0 Å². The topological polar surface area (TPSA) is 26.3 Å². The Morgan fingerprint density at radius 1 is 1.44 bits per heavy atom. The van der Waals surface area contributed by atoms with Crippen molar-refractivity contribution in [3.05, 3.63) is 34.9 Å². The second kappa shape index (κ2) is 7.31. The van der Waals surface area contributed by atoms with E-state index < -0.39 is 12.4 Å². The van der Waals surface area contributed by atoms with E-state index in [0.717, 1.165) is 0 Å². The highest BCUT2D eigenvalue weighted by Crippen LogP contribution is 2.25. The second-order valence-electron chi connectivity index (χ2n) is 3.73. The van der Waals surface area contributed by atoms with Crippen LogP contribution in [0.4, 0.5) is 8.78 Å². The highest BCUT2D eigenvalue weighted by atomic mass is 35.5. The van der Waals surface area contributed by atoms with Crippen molar-refractivity contribution in [1.82, 2.24) is 0 Å². The van der Waals surface area contributed by atoms with Crippen molar-refractivity contribution in [1.29, 1.82) is 0 Å². The molecule has 0 unspecified atom stereocenters. The molecule has 0 saturated carbocycles. The molecule has 0 heterocycles. The SMILES string of the molecule is CCOC(=O)c1ccc(C(F)F)c(CCCCl)c1. The molecule has 0 radical (unpaired) electrons. The number of alkyl halides is 3. The zero-order chi connectivity index (χ0) is 13.5. The van der Waals surface area contributed by atoms with Gasteiger partial charge in [0.1, 0.15) is 0 Å². The minimum Gasteiger partial charge on any atom is -0.462 e. The molecule has 18 heavy (non-hydrogen) atoms. The summed E-state index contributed by atoms with van der Waals surface area (Å²) in [4.78, 5) is 11.5. The normalized spacial score (nSPS) is 10.7. The summed E-state index contributed by atoms with van der Waals surface area (Å²) in [7, 11) is 0. The third-order valence-electron chi connectivity index (χ3n) is 2.47. The van der Waals surface area contributed by atoms with Gasteiger partial charge in [-0.05, 0) is 37.5 Å². The van der Waals surface area contributed by atoms with Crippen molar-refractivity contribution < 1.29 is 18.3 Å². The van der Waals surface area contributed by atoms with Gasteiger partial charge in [0, 0.05) is 11.4 Å². The van der Waals surface area contributed by atoms with Gasteiger partial charge in [-0.2, -0.15) is 0 Å². The van der Waals surface area contributed by atoms with Gasteiger partial charge in [-0.15, -0.1) is 11.6 Å². The predicted octanol–water partition coefficient (Wildman–Crippen LogP) is 3.97. The van der Waals surface area contributed by atoms with Crippen LogP contribution >= 0.6 is 11.6 Å². The van der Waals surface area contributed by atoms with Crippen LogP contribution in [0, 0.1) is 0 Å². The molecule has 1 rings (SSSR count). The largest absolute Gasteiger partial charge is 0.462 e. The zero-order valence-electron chi connectivity index (χ0n) is 10.1. The maximum absolute atomic E-state index is 12.8. The lowest BCUT2D eigenvalue weighted by Crippen LogP contribution is -2.06. The fourth-order valence-corrected chi connectivity index (χ4v) is 1.77. The first-order valence-corrected chi connectivity index (χ1v) is 6.27. The van der Waals surface area contributed by atoms with Crippen LogP contribution in [0.2, 0.25) is 0 Å². The van der Waals surface area contributed by atoms with Gasteiger partial charge in [-0.1, -0.05) is 6.07 Å². The Bertz CT molecular complexity index is 408. The fraction of sp³-hybridized carbons (Fsp3) is 0.462. The number of carbonyl (C=O) groups is 1. The van der Waals surface area contributed by atoms with Crippen LogP contribution in [-0.2, 0) is 11.2 Å². The first-order chi connectivity index (χ1) is 8.60. The molecule has 100 valence electrons. The molecule has 0 aliphatic rings. The van der Waals surface area contributed by atoms with E-state index in [1.807, 2.05) is 0 Å². The molecule has 1 aromatic carbocycles. The minimum atomic E-state index is -2.55. The van der Waals surface area contributed by atoms with E-state index >= 15 is 0 Å². The zero-order valence-corrected chi connectivity index (χ0v) is 10.8. The third kappa shape index (κ3) is 3.95. The summed E-state index contributed by atoms with van der Waals surface area (Å²) >= 11 is 5.56. The average molecular weight is 277 g/mol. The number of halogens is 3. The second-order valence-corrected chi connectivity index (χ2v) is 4.11. The molecule has 0 aromatic heterocycles. The van der Waals surface area contributed by atoms with Crippen LogP contribution in [0.1, 0.15) is 41.3 Å². The van der Waals surface area contributed by atoms with E-state index in [1.54, 1.807) is 6.92 Å². The first-order valence-electron chi connectivity index (χ1n) is 5.74. The standard InChI is InChI=1S/C13H15ClF2O2/c1-2-18-13(17)10-5-6-11(12(15)16)9(8-10)4-3-7-14/h5-6,8,12H,2-4,7H2,1H3. The molecular formula is C13H15ClF2O2. The summed E-state index contributed by atoms with van der Waals surface area (Å²) in [6.45, 7) is 1.95. The number of hydrogen-bond donors (Lipinski definition) is 0. The third-order valence-corrected chi connectivity index (χ3v) is 2.74. The smallest absolute Gasteiger partial charge is 0.338 e. The Hall–Kier alpha value is -1.16. The predicted molar refractivity (Wildman–Crippen MR) is 66.4 cm³/mol. The van der Waals surface area contributed by atoms with E-state index in [1.165, 1.54) is 18.2 Å². The van der Waals surface area contributed by atoms with Crippen molar-refractivity contribution in [3.63, 3.8) is 0 Å². The van der Waals surface area contributed by atoms with Crippen LogP contribution in [0.5, 0.6) is 0 Å². The van der Waals surface area contributed by atoms with Crippen molar-refractivity contribution in [3.8, 4) is 0 Å². The molecule has 0 atom stereocenters. The van der Waals surface area contributed by atoms with Crippen LogP contribution in [0.3, 0.4) is 0 Å². The molecule has 0 aliphatic heterocycles. The van der Waals surface area contributed by atoms with Gasteiger partial charge < -0.3 is 4.74 Å². The van der Waals surface area contributed by atoms with Crippen LogP contribution < -0.4 is 0 Å². The maximum atomic E-state index is 12.8. The van der Waals surface area contributed by atoms with E-state index in [-0.39, 0.29) is 12.2 Å². The summed E-state index contributed by atoms with van der Waals surface area (Å²) in [6.07, 6.45) is -1.53. The number of aryl methyl sites for hydroxylation is 1. The van der Waals surface area contributed by atoms with Crippen LogP contribution in [0.25, 0.3) is 0 Å². The summed E-state index contributed by atoms with van der Waals surface area (Å²) in [5, 5.41) is 0. The van der Waals surface area contributed by atoms with Gasteiger partial charge in [-0.3, -0.25) is 0 Å². The van der Waals surface area contributed by atoms with Gasteiger partial charge in [0.2, 0.25) is 0 Å². The van der Waals surface area contributed by atoms with Crippen LogP contribution in [0.15, 0.2) is 18.2 Å². The molecule has 0 saturated heterocycles. The van der Waals surface area contributed by atoms with Gasteiger partial charge >= 0.3 is 5.97 Å². The molecule has 2 nitrogen and oxygen atoms in total. The number of carbonyl (C=O) groups excluding carboxylic acids is 1. The summed E-state index contributed by atoms with van der Waals surface area (Å²) in [5.41, 5.74) is 0.704. The monoisotopic (exact) mass is 276 g/mol. The average Bonchev–Trinajstić information content (AvgIpc) is 2.36. The molecule has 0 fully saturated rings.